The van der Waals surface area contributed by atoms with Gasteiger partial charge >= 0.3 is 0 Å². The molecule has 0 N–H and O–H groups in total. The molecule has 4 fully saturated rings. The number of rotatable bonds is 2. The van der Waals surface area contributed by atoms with Gasteiger partial charge in [0, 0.05) is 0 Å². The summed E-state index contributed by atoms with van der Waals surface area (Å²) in [6.07, 6.45) is 14.9. The van der Waals surface area contributed by atoms with Crippen molar-refractivity contribution in [2.75, 3.05) is 0 Å². The van der Waals surface area contributed by atoms with Gasteiger partial charge in [0.25, 0.3) is 0 Å². The minimum atomic E-state index is 0.437. The lowest BCUT2D eigenvalue weighted by Crippen LogP contribution is -2.53. The average Bonchev–Trinajstić information content (AvgIpc) is 3.05. The summed E-state index contributed by atoms with van der Waals surface area (Å²) >= 11 is 0. The predicted molar refractivity (Wildman–Crippen MR) is 107 cm³/mol. The van der Waals surface area contributed by atoms with Crippen molar-refractivity contribution < 1.29 is 4.74 Å². The van der Waals surface area contributed by atoms with Crippen molar-refractivity contribution in [2.24, 2.45) is 34.5 Å². The normalized spacial score (nSPS) is 47.5. The van der Waals surface area contributed by atoms with E-state index in [0.717, 1.165) is 29.4 Å². The van der Waals surface area contributed by atoms with E-state index in [4.69, 9.17) is 4.74 Å². The quantitative estimate of drug-likeness (QED) is 0.564. The molecule has 1 nitrogen and oxygen atoms in total. The topological polar surface area (TPSA) is 9.23 Å². The molecule has 1 aromatic rings. The van der Waals surface area contributed by atoms with Crippen molar-refractivity contribution in [1.82, 2.24) is 0 Å². The molecule has 1 heteroatoms. The van der Waals surface area contributed by atoms with E-state index in [1.807, 2.05) is 0 Å². The summed E-state index contributed by atoms with van der Waals surface area (Å²) in [6.45, 7) is 5.30. The number of ether oxygens (including phenoxy) is 1. The van der Waals surface area contributed by atoms with E-state index >= 15 is 0 Å². The third kappa shape index (κ3) is 2.64. The van der Waals surface area contributed by atoms with E-state index in [2.05, 4.69) is 44.2 Å². The van der Waals surface area contributed by atoms with E-state index in [-0.39, 0.29) is 0 Å². The molecule has 26 heavy (non-hydrogen) atoms. The number of para-hydroxylation sites is 1. The number of fused-ring (bicyclic) bond motifs is 5. The fourth-order valence-electron chi connectivity index (χ4n) is 8.01. The second-order valence-corrected chi connectivity index (χ2v) is 10.6. The minimum Gasteiger partial charge on any atom is -0.490 e. The number of hydrogen-bond acceptors (Lipinski definition) is 1. The van der Waals surface area contributed by atoms with Crippen LogP contribution in [0.3, 0.4) is 0 Å². The second kappa shape index (κ2) is 6.28. The van der Waals surface area contributed by atoms with Gasteiger partial charge in [0.2, 0.25) is 0 Å². The van der Waals surface area contributed by atoms with Crippen LogP contribution in [0.5, 0.6) is 5.75 Å². The molecule has 142 valence electrons. The van der Waals surface area contributed by atoms with Crippen LogP contribution in [0.1, 0.15) is 78.1 Å². The zero-order valence-electron chi connectivity index (χ0n) is 16.8. The van der Waals surface area contributed by atoms with Gasteiger partial charge in [0.15, 0.2) is 0 Å². The van der Waals surface area contributed by atoms with Crippen LogP contribution in [-0.4, -0.2) is 6.10 Å². The van der Waals surface area contributed by atoms with Gasteiger partial charge in [0.1, 0.15) is 5.75 Å². The highest BCUT2D eigenvalue weighted by Gasteiger charge is 2.57. The van der Waals surface area contributed by atoms with Crippen LogP contribution >= 0.6 is 0 Å². The molecule has 0 bridgehead atoms. The largest absolute Gasteiger partial charge is 0.490 e. The first-order valence-corrected chi connectivity index (χ1v) is 11.3. The first-order valence-electron chi connectivity index (χ1n) is 11.3. The third-order valence-electron chi connectivity index (χ3n) is 9.44. The molecule has 0 amide bonds. The SMILES string of the molecule is C[C@@]12CCC[C@H]1[C@@H]1CC[C@H]3CC(Oc4ccccc4)CC[C@]3(C)[C@H]1CC2. The van der Waals surface area contributed by atoms with Crippen LogP contribution in [0.4, 0.5) is 0 Å². The summed E-state index contributed by atoms with van der Waals surface area (Å²) in [4.78, 5) is 0. The van der Waals surface area contributed by atoms with Crippen molar-refractivity contribution >= 4 is 0 Å². The zero-order chi connectivity index (χ0) is 17.8. The van der Waals surface area contributed by atoms with Gasteiger partial charge in [-0.3, -0.25) is 0 Å². The molecule has 4 aliphatic rings. The van der Waals surface area contributed by atoms with Gasteiger partial charge in [-0.05, 0) is 104 Å². The van der Waals surface area contributed by atoms with Crippen LogP contribution in [0.15, 0.2) is 30.3 Å². The number of benzene rings is 1. The Hall–Kier alpha value is -0.980. The Morgan fingerprint density at radius 2 is 1.69 bits per heavy atom. The highest BCUT2D eigenvalue weighted by atomic mass is 16.5. The molecule has 0 aliphatic heterocycles. The molecule has 5 rings (SSSR count). The lowest BCUT2D eigenvalue weighted by atomic mass is 9.45. The summed E-state index contributed by atoms with van der Waals surface area (Å²) in [7, 11) is 0. The smallest absolute Gasteiger partial charge is 0.119 e. The number of hydrogen-bond donors (Lipinski definition) is 0. The van der Waals surface area contributed by atoms with E-state index in [1.54, 1.807) is 0 Å². The maximum atomic E-state index is 6.37. The van der Waals surface area contributed by atoms with Gasteiger partial charge in [-0.25, -0.2) is 0 Å². The average molecular weight is 353 g/mol. The lowest BCUT2D eigenvalue weighted by Gasteiger charge is -2.60. The first kappa shape index (κ1) is 17.1. The van der Waals surface area contributed by atoms with E-state index in [0.29, 0.717) is 16.9 Å². The third-order valence-corrected chi connectivity index (χ3v) is 9.44. The molecule has 4 saturated carbocycles. The van der Waals surface area contributed by atoms with Crippen molar-refractivity contribution in [1.29, 1.82) is 0 Å². The van der Waals surface area contributed by atoms with Crippen LogP contribution < -0.4 is 4.74 Å². The molecule has 1 aromatic carbocycles. The summed E-state index contributed by atoms with van der Waals surface area (Å²) in [5.41, 5.74) is 1.28. The zero-order valence-corrected chi connectivity index (χ0v) is 16.8. The summed E-state index contributed by atoms with van der Waals surface area (Å²) in [5, 5.41) is 0. The van der Waals surface area contributed by atoms with Gasteiger partial charge in [-0.1, -0.05) is 38.5 Å². The summed E-state index contributed by atoms with van der Waals surface area (Å²) < 4.78 is 6.37. The molecular weight excluding hydrogens is 316 g/mol. The van der Waals surface area contributed by atoms with Crippen LogP contribution in [-0.2, 0) is 0 Å². The van der Waals surface area contributed by atoms with Crippen LogP contribution in [0, 0.1) is 34.5 Å². The fraction of sp³-hybridized carbons (Fsp3) is 0.760. The highest BCUT2D eigenvalue weighted by molar-refractivity contribution is 5.21. The van der Waals surface area contributed by atoms with Crippen molar-refractivity contribution in [2.45, 2.75) is 84.2 Å². The Kier molecular flexibility index (Phi) is 4.14. The standard InChI is InChI=1S/C25H36O/c1-24-14-6-9-22(24)21-11-10-18-17-20(26-19-7-4-3-5-8-19)12-16-25(18,2)23(21)13-15-24/h3-5,7-8,18,20-23H,6,9-17H2,1-2H3/t18-,20?,21-,22-,23-,24-,25-/m0/s1. The molecule has 7 atom stereocenters. The van der Waals surface area contributed by atoms with Crippen molar-refractivity contribution in [3.05, 3.63) is 30.3 Å². The molecule has 0 spiro atoms. The summed E-state index contributed by atoms with van der Waals surface area (Å²) in [5.74, 6) is 5.02. The highest BCUT2D eigenvalue weighted by Crippen LogP contribution is 2.66. The molecule has 0 saturated heterocycles. The molecular formula is C25H36O. The molecule has 4 aliphatic carbocycles. The Bertz CT molecular complexity index is 639. The fourth-order valence-corrected chi connectivity index (χ4v) is 8.01. The van der Waals surface area contributed by atoms with Crippen molar-refractivity contribution in [3.63, 3.8) is 0 Å². The Morgan fingerprint density at radius 3 is 2.54 bits per heavy atom. The lowest BCUT2D eigenvalue weighted by molar-refractivity contribution is -0.118. The predicted octanol–water partition coefficient (Wildman–Crippen LogP) is 6.87. The molecule has 0 radical (unpaired) electrons. The van der Waals surface area contributed by atoms with Gasteiger partial charge < -0.3 is 4.74 Å². The van der Waals surface area contributed by atoms with E-state index in [1.165, 1.54) is 64.2 Å². The molecule has 0 heterocycles. The maximum Gasteiger partial charge on any atom is 0.119 e. The van der Waals surface area contributed by atoms with E-state index < -0.39 is 0 Å². The summed E-state index contributed by atoms with van der Waals surface area (Å²) in [6, 6.07) is 10.5. The van der Waals surface area contributed by atoms with E-state index in [9.17, 15) is 0 Å². The maximum absolute atomic E-state index is 6.37. The monoisotopic (exact) mass is 352 g/mol. The Morgan fingerprint density at radius 1 is 0.846 bits per heavy atom. The molecule has 0 aromatic heterocycles. The Labute approximate surface area is 159 Å². The van der Waals surface area contributed by atoms with Crippen LogP contribution in [0.25, 0.3) is 0 Å². The first-order chi connectivity index (χ1) is 12.6. The second-order valence-electron chi connectivity index (χ2n) is 10.6. The van der Waals surface area contributed by atoms with Gasteiger partial charge in [-0.15, -0.1) is 0 Å². The van der Waals surface area contributed by atoms with Gasteiger partial charge in [0.05, 0.1) is 6.10 Å². The molecule has 1 unspecified atom stereocenters. The minimum absolute atomic E-state index is 0.437. The van der Waals surface area contributed by atoms with Crippen LogP contribution in [0.2, 0.25) is 0 Å². The van der Waals surface area contributed by atoms with Gasteiger partial charge in [-0.2, -0.15) is 0 Å². The Balaban J connectivity index is 1.31. The van der Waals surface area contributed by atoms with Crippen molar-refractivity contribution in [3.8, 4) is 5.75 Å².